The van der Waals surface area contributed by atoms with Gasteiger partial charge in [0, 0.05) is 13.6 Å². The van der Waals surface area contributed by atoms with Crippen molar-refractivity contribution in [1.82, 2.24) is 4.90 Å². The Morgan fingerprint density at radius 2 is 1.94 bits per heavy atom. The molecule has 0 bridgehead atoms. The maximum absolute atomic E-state index is 11.7. The van der Waals surface area contributed by atoms with E-state index in [0.29, 0.717) is 12.3 Å². The lowest BCUT2D eigenvalue weighted by molar-refractivity contribution is 0.0814. The van der Waals surface area contributed by atoms with Crippen LogP contribution in [0.25, 0.3) is 0 Å². The number of rotatable bonds is 1. The van der Waals surface area contributed by atoms with E-state index in [0.717, 1.165) is 16.7 Å². The van der Waals surface area contributed by atoms with Crippen molar-refractivity contribution in [2.75, 3.05) is 14.2 Å². The molecule has 0 radical (unpaired) electrons. The number of carbonyl (C=O) groups excluding carboxylic acids is 1. The molecule has 0 spiro atoms. The largest absolute Gasteiger partial charge is 0.496 e. The van der Waals surface area contributed by atoms with Gasteiger partial charge in [0.15, 0.2) is 0 Å². The van der Waals surface area contributed by atoms with Crippen molar-refractivity contribution >= 4 is 5.91 Å². The average molecular weight is 235 g/mol. The predicted molar refractivity (Wildman–Crippen MR) is 69.5 cm³/mol. The number of amides is 1. The topological polar surface area (TPSA) is 29.5 Å². The normalized spacial score (nSPS) is 13.0. The molecule has 2 rings (SSSR count). The van der Waals surface area contributed by atoms with E-state index >= 15 is 0 Å². The van der Waals surface area contributed by atoms with Gasteiger partial charge >= 0.3 is 0 Å². The van der Waals surface area contributed by atoms with Gasteiger partial charge in [-0.2, -0.15) is 0 Å². The zero-order valence-corrected chi connectivity index (χ0v) is 11.3. The van der Waals surface area contributed by atoms with Gasteiger partial charge in [0.05, 0.1) is 12.7 Å². The molecule has 17 heavy (non-hydrogen) atoms. The molecule has 3 nitrogen and oxygen atoms in total. The van der Waals surface area contributed by atoms with E-state index in [-0.39, 0.29) is 5.91 Å². The van der Waals surface area contributed by atoms with E-state index in [1.165, 1.54) is 6.42 Å². The number of methoxy groups -OCH3 is 1. The van der Waals surface area contributed by atoms with Crippen LogP contribution in [0.3, 0.4) is 0 Å². The van der Waals surface area contributed by atoms with Crippen LogP contribution >= 0.6 is 0 Å². The van der Waals surface area contributed by atoms with E-state index in [1.54, 1.807) is 19.1 Å². The molecule has 1 aromatic rings. The van der Waals surface area contributed by atoms with Crippen LogP contribution in [0.1, 0.15) is 41.8 Å². The molecule has 0 unspecified atom stereocenters. The second kappa shape index (κ2) is 5.71. The highest BCUT2D eigenvalue weighted by atomic mass is 16.5. The van der Waals surface area contributed by atoms with Gasteiger partial charge in [-0.25, -0.2) is 0 Å². The van der Waals surface area contributed by atoms with Crippen molar-refractivity contribution in [3.63, 3.8) is 0 Å². The first kappa shape index (κ1) is 13.6. The van der Waals surface area contributed by atoms with Crippen LogP contribution in [0.5, 0.6) is 5.75 Å². The van der Waals surface area contributed by atoms with Crippen LogP contribution in [0.4, 0.5) is 0 Å². The van der Waals surface area contributed by atoms with Crippen molar-refractivity contribution in [3.8, 4) is 5.75 Å². The first-order valence-corrected chi connectivity index (χ1v) is 5.98. The minimum absolute atomic E-state index is 0.0526. The summed E-state index contributed by atoms with van der Waals surface area (Å²) in [5.74, 6) is 0.742. The number of carbonyl (C=O) groups is 1. The van der Waals surface area contributed by atoms with Crippen LogP contribution < -0.4 is 4.74 Å². The number of ether oxygens (including phenoxy) is 1. The third-order valence-corrected chi connectivity index (χ3v) is 2.52. The number of nitrogens with zero attached hydrogens (tertiary/aromatic N) is 1. The molecule has 1 amide bonds. The lowest BCUT2D eigenvalue weighted by Gasteiger charge is -2.07. The molecule has 1 heterocycles. The smallest absolute Gasteiger partial charge is 0.258 e. The minimum atomic E-state index is 0.0526. The maximum atomic E-state index is 11.7. The van der Waals surface area contributed by atoms with E-state index in [9.17, 15) is 4.79 Å². The van der Waals surface area contributed by atoms with E-state index in [4.69, 9.17) is 4.74 Å². The van der Waals surface area contributed by atoms with Crippen LogP contribution in [0.2, 0.25) is 0 Å². The Labute approximate surface area is 103 Å². The average Bonchev–Trinajstić information content (AvgIpc) is 2.54. The van der Waals surface area contributed by atoms with Crippen molar-refractivity contribution < 1.29 is 9.53 Å². The first-order chi connectivity index (χ1) is 8.04. The van der Waals surface area contributed by atoms with E-state index in [2.05, 4.69) is 13.8 Å². The molecule has 3 heteroatoms. The molecule has 0 saturated carbocycles. The Balaban J connectivity index is 0.000000437. The van der Waals surface area contributed by atoms with Crippen LogP contribution in [0.15, 0.2) is 12.1 Å². The summed E-state index contributed by atoms with van der Waals surface area (Å²) in [4.78, 5) is 13.4. The second-order valence-electron chi connectivity index (χ2n) is 4.37. The molecule has 1 aliphatic rings. The molecule has 1 aromatic carbocycles. The van der Waals surface area contributed by atoms with Gasteiger partial charge in [0.2, 0.25) is 0 Å². The Kier molecular flexibility index (Phi) is 4.55. The number of hydrogen-bond acceptors (Lipinski definition) is 2. The SMILES string of the molecule is CCC.COc1cc(C)cc2c1C(=O)N(C)C2. The lowest BCUT2D eigenvalue weighted by atomic mass is 10.1. The molecule has 1 aliphatic heterocycles. The second-order valence-corrected chi connectivity index (χ2v) is 4.37. The Hall–Kier alpha value is -1.51. The quantitative estimate of drug-likeness (QED) is 0.749. The number of hydrogen-bond donors (Lipinski definition) is 0. The molecular weight excluding hydrogens is 214 g/mol. The van der Waals surface area contributed by atoms with Crippen molar-refractivity contribution in [1.29, 1.82) is 0 Å². The molecule has 0 N–H and O–H groups in total. The molecule has 0 atom stereocenters. The summed E-state index contributed by atoms with van der Waals surface area (Å²) in [5.41, 5.74) is 2.92. The van der Waals surface area contributed by atoms with Crippen LogP contribution in [-0.4, -0.2) is 25.0 Å². The third-order valence-electron chi connectivity index (χ3n) is 2.52. The molecular formula is C14H21NO2. The summed E-state index contributed by atoms with van der Waals surface area (Å²) >= 11 is 0. The first-order valence-electron chi connectivity index (χ1n) is 5.98. The fourth-order valence-electron chi connectivity index (χ4n) is 1.87. The minimum Gasteiger partial charge on any atom is -0.496 e. The van der Waals surface area contributed by atoms with E-state index < -0.39 is 0 Å². The zero-order valence-electron chi connectivity index (χ0n) is 11.3. The van der Waals surface area contributed by atoms with Gasteiger partial charge < -0.3 is 9.64 Å². The van der Waals surface area contributed by atoms with Gasteiger partial charge in [-0.1, -0.05) is 26.3 Å². The van der Waals surface area contributed by atoms with Gasteiger partial charge in [-0.05, 0) is 24.1 Å². The molecule has 94 valence electrons. The van der Waals surface area contributed by atoms with E-state index in [1.807, 2.05) is 19.1 Å². The maximum Gasteiger partial charge on any atom is 0.258 e. The van der Waals surface area contributed by atoms with Crippen LogP contribution in [-0.2, 0) is 6.54 Å². The van der Waals surface area contributed by atoms with Crippen LogP contribution in [0, 0.1) is 6.92 Å². The molecule has 0 aromatic heterocycles. The summed E-state index contributed by atoms with van der Waals surface area (Å²) in [6.07, 6.45) is 1.25. The summed E-state index contributed by atoms with van der Waals surface area (Å²) in [6.45, 7) is 6.94. The van der Waals surface area contributed by atoms with Gasteiger partial charge in [-0.15, -0.1) is 0 Å². The van der Waals surface area contributed by atoms with Gasteiger partial charge in [-0.3, -0.25) is 4.79 Å². The monoisotopic (exact) mass is 235 g/mol. The highest BCUT2D eigenvalue weighted by Gasteiger charge is 2.28. The van der Waals surface area contributed by atoms with Gasteiger partial charge in [0.25, 0.3) is 5.91 Å². The molecule has 0 fully saturated rings. The summed E-state index contributed by atoms with van der Waals surface area (Å²) in [5, 5.41) is 0. The Morgan fingerprint density at radius 3 is 2.47 bits per heavy atom. The third kappa shape index (κ3) is 2.78. The predicted octanol–water partition coefficient (Wildman–Crippen LogP) is 3.01. The number of aryl methyl sites for hydroxylation is 1. The Bertz CT molecular complexity index is 413. The highest BCUT2D eigenvalue weighted by molar-refractivity contribution is 6.00. The standard InChI is InChI=1S/C11H13NO2.C3H8/c1-7-4-8-6-12(2)11(13)10(8)9(5-7)14-3;1-3-2/h4-5H,6H2,1-3H3;3H2,1-2H3. The lowest BCUT2D eigenvalue weighted by Crippen LogP contribution is -2.17. The van der Waals surface area contributed by atoms with Crippen molar-refractivity contribution in [2.45, 2.75) is 33.7 Å². The highest BCUT2D eigenvalue weighted by Crippen LogP contribution is 2.31. The summed E-state index contributed by atoms with van der Waals surface area (Å²) in [6, 6.07) is 3.94. The van der Waals surface area contributed by atoms with Crippen molar-refractivity contribution in [2.24, 2.45) is 0 Å². The fraction of sp³-hybridized carbons (Fsp3) is 0.500. The summed E-state index contributed by atoms with van der Waals surface area (Å²) < 4.78 is 5.21. The number of fused-ring (bicyclic) bond motifs is 1. The zero-order chi connectivity index (χ0) is 13.0. The van der Waals surface area contributed by atoms with Crippen molar-refractivity contribution in [3.05, 3.63) is 28.8 Å². The van der Waals surface area contributed by atoms with Gasteiger partial charge in [0.1, 0.15) is 5.75 Å². The number of benzene rings is 1. The molecule has 0 saturated heterocycles. The molecule has 0 aliphatic carbocycles. The fourth-order valence-corrected chi connectivity index (χ4v) is 1.87. The summed E-state index contributed by atoms with van der Waals surface area (Å²) in [7, 11) is 3.40. The Morgan fingerprint density at radius 1 is 1.35 bits per heavy atom.